The van der Waals surface area contributed by atoms with Crippen LogP contribution in [0.25, 0.3) is 21.6 Å². The number of nitrogens with zero attached hydrogens (tertiary/aromatic N) is 2. The molecule has 2 aliphatic heterocycles. The minimum Gasteiger partial charge on any atom is -0.311 e. The Morgan fingerprint density at radius 3 is 1.47 bits per heavy atom. The van der Waals surface area contributed by atoms with Crippen molar-refractivity contribution in [3.05, 3.63) is 162 Å². The Labute approximate surface area is 344 Å². The summed E-state index contributed by atoms with van der Waals surface area (Å²) in [7, 11) is 0. The number of benzene rings is 6. The molecule has 284 valence electrons. The maximum Gasteiger partial charge on any atom is 0.264 e. The second-order valence-corrected chi connectivity index (χ2v) is 20.2. The summed E-state index contributed by atoms with van der Waals surface area (Å²) in [6.45, 7) is 23.1. The Kier molecular flexibility index (Phi) is 8.75. The van der Waals surface area contributed by atoms with Crippen molar-refractivity contribution in [2.24, 2.45) is 0 Å². The van der Waals surface area contributed by atoms with Crippen molar-refractivity contribution < 1.29 is 0 Å². The minimum absolute atomic E-state index is 0.0111. The van der Waals surface area contributed by atoms with Gasteiger partial charge in [-0.3, -0.25) is 0 Å². The molecular formula is C53H53BN2S. The number of rotatable bonds is 4. The average Bonchev–Trinajstić information content (AvgIpc) is 3.57. The van der Waals surface area contributed by atoms with E-state index in [1.54, 1.807) is 0 Å². The number of thiophene rings is 1. The lowest BCUT2D eigenvalue weighted by molar-refractivity contribution is 0.590. The van der Waals surface area contributed by atoms with Gasteiger partial charge in [-0.2, -0.15) is 0 Å². The molecule has 7 aromatic rings. The summed E-state index contributed by atoms with van der Waals surface area (Å²) in [5.41, 5.74) is 19.3. The Bertz CT molecular complexity index is 2620. The van der Waals surface area contributed by atoms with Crippen molar-refractivity contribution in [2.45, 2.75) is 85.5 Å². The van der Waals surface area contributed by atoms with Crippen molar-refractivity contribution in [1.82, 2.24) is 0 Å². The van der Waals surface area contributed by atoms with E-state index in [9.17, 15) is 0 Å². The first-order chi connectivity index (χ1) is 27.1. The van der Waals surface area contributed by atoms with E-state index in [4.69, 9.17) is 0 Å². The van der Waals surface area contributed by atoms with Gasteiger partial charge in [0.15, 0.2) is 0 Å². The lowest BCUT2D eigenvalue weighted by Crippen LogP contribution is -2.60. The van der Waals surface area contributed by atoms with Gasteiger partial charge >= 0.3 is 0 Å². The van der Waals surface area contributed by atoms with Gasteiger partial charge in [-0.25, -0.2) is 0 Å². The smallest absolute Gasteiger partial charge is 0.264 e. The molecule has 0 fully saturated rings. The van der Waals surface area contributed by atoms with Gasteiger partial charge in [0.1, 0.15) is 0 Å². The monoisotopic (exact) mass is 760 g/mol. The highest BCUT2D eigenvalue weighted by Crippen LogP contribution is 2.52. The number of hydrogen-bond donors (Lipinski definition) is 0. The Morgan fingerprint density at radius 1 is 0.474 bits per heavy atom. The minimum atomic E-state index is -0.0111. The molecule has 3 heterocycles. The molecule has 0 spiro atoms. The van der Waals surface area contributed by atoms with Gasteiger partial charge in [0.25, 0.3) is 6.71 Å². The fourth-order valence-electron chi connectivity index (χ4n) is 8.85. The highest BCUT2D eigenvalue weighted by molar-refractivity contribution is 7.31. The molecule has 6 aromatic carbocycles. The van der Waals surface area contributed by atoms with Crippen molar-refractivity contribution in [3.8, 4) is 21.6 Å². The van der Waals surface area contributed by atoms with Gasteiger partial charge in [-0.1, -0.05) is 159 Å². The van der Waals surface area contributed by atoms with Crippen LogP contribution in [0.3, 0.4) is 0 Å². The lowest BCUT2D eigenvalue weighted by atomic mass is 9.36. The van der Waals surface area contributed by atoms with Crippen LogP contribution in [-0.2, 0) is 16.2 Å². The van der Waals surface area contributed by atoms with Gasteiger partial charge < -0.3 is 9.80 Å². The number of fused-ring (bicyclic) bond motifs is 4. The van der Waals surface area contributed by atoms with Crippen LogP contribution in [0.5, 0.6) is 0 Å². The number of anilines is 6. The summed E-state index contributed by atoms with van der Waals surface area (Å²) in [6, 6.07) is 53.0. The van der Waals surface area contributed by atoms with Crippen LogP contribution in [0.2, 0.25) is 0 Å². The first-order valence-electron chi connectivity index (χ1n) is 20.5. The van der Waals surface area contributed by atoms with Crippen LogP contribution < -0.4 is 25.5 Å². The topological polar surface area (TPSA) is 6.48 Å². The molecule has 0 bridgehead atoms. The van der Waals surface area contributed by atoms with Gasteiger partial charge in [0.05, 0.1) is 5.69 Å². The molecule has 4 heteroatoms. The van der Waals surface area contributed by atoms with Crippen LogP contribution in [0.15, 0.2) is 140 Å². The van der Waals surface area contributed by atoms with E-state index in [1.807, 2.05) is 11.3 Å². The molecule has 2 aliphatic rings. The molecule has 2 nitrogen and oxygen atoms in total. The summed E-state index contributed by atoms with van der Waals surface area (Å²) >= 11 is 1.98. The quantitative estimate of drug-likeness (QED) is 0.165. The second-order valence-electron chi connectivity index (χ2n) is 19.2. The molecule has 0 N–H and O–H groups in total. The third kappa shape index (κ3) is 6.34. The largest absolute Gasteiger partial charge is 0.311 e. The summed E-state index contributed by atoms with van der Waals surface area (Å²) < 4.78 is 1.39. The molecule has 57 heavy (non-hydrogen) atoms. The fraction of sp³-hybridized carbons (Fsp3) is 0.245. The van der Waals surface area contributed by atoms with Crippen LogP contribution in [0.1, 0.15) is 84.6 Å². The molecule has 0 atom stereocenters. The normalized spacial score (nSPS) is 13.7. The second kappa shape index (κ2) is 13.4. The summed E-state index contributed by atoms with van der Waals surface area (Å²) in [4.78, 5) is 6.46. The van der Waals surface area contributed by atoms with Crippen molar-refractivity contribution >= 4 is 67.9 Å². The predicted molar refractivity (Wildman–Crippen MR) is 250 cm³/mol. The van der Waals surface area contributed by atoms with E-state index < -0.39 is 0 Å². The van der Waals surface area contributed by atoms with Crippen molar-refractivity contribution in [3.63, 3.8) is 0 Å². The predicted octanol–water partition coefficient (Wildman–Crippen LogP) is 13.4. The molecule has 0 unspecified atom stereocenters. The van der Waals surface area contributed by atoms with Gasteiger partial charge in [-0.05, 0) is 110 Å². The third-order valence-electron chi connectivity index (χ3n) is 12.0. The molecule has 0 radical (unpaired) electrons. The van der Waals surface area contributed by atoms with Crippen LogP contribution in [-0.4, -0.2) is 6.71 Å². The molecular weight excluding hydrogens is 707 g/mol. The Hall–Kier alpha value is -5.32. The SMILES string of the molecule is Cc1cc2c3c(c1)N(c1ccc(C(C)(C)C)cc1)c1c(sc(-c4ccccc4)c1-c1ccccc1)B3c1cc(C(C)(C)C)ccc1N2c1ccc(C(C)(C)C)cc1. The Balaban J connectivity index is 1.41. The standard InChI is InChI=1S/C53H53BN2S/c1-34-31-44-47-45(32-34)56(41-28-23-38(24-29-41)52(5,6)7)48-46(35-17-13-11-14-18-35)49(36-19-15-12-16-20-36)57-50(48)54(47)42-33-39(53(8,9)10)25-30-43(42)55(44)40-26-21-37(22-27-40)51(2,3)4/h11-33H,1-10H3. The van der Waals surface area contributed by atoms with E-state index in [0.717, 1.165) is 0 Å². The first kappa shape index (κ1) is 37.3. The summed E-state index contributed by atoms with van der Waals surface area (Å²) in [6.07, 6.45) is 0. The highest BCUT2D eigenvalue weighted by Gasteiger charge is 2.46. The summed E-state index contributed by atoms with van der Waals surface area (Å²) in [5.74, 6) is 0. The third-order valence-corrected chi connectivity index (χ3v) is 13.3. The van der Waals surface area contributed by atoms with Crippen LogP contribution in [0, 0.1) is 6.92 Å². The van der Waals surface area contributed by atoms with Gasteiger partial charge in [0, 0.05) is 43.7 Å². The zero-order chi connectivity index (χ0) is 40.0. The Morgan fingerprint density at radius 2 is 0.947 bits per heavy atom. The van der Waals surface area contributed by atoms with Crippen molar-refractivity contribution in [1.29, 1.82) is 0 Å². The van der Waals surface area contributed by atoms with E-state index in [-0.39, 0.29) is 23.0 Å². The molecule has 0 saturated heterocycles. The van der Waals surface area contributed by atoms with Crippen LogP contribution in [0.4, 0.5) is 34.1 Å². The maximum atomic E-state index is 2.61. The molecule has 9 rings (SSSR count). The van der Waals surface area contributed by atoms with Gasteiger partial charge in [-0.15, -0.1) is 11.3 Å². The highest BCUT2D eigenvalue weighted by atomic mass is 32.1. The number of aryl methyl sites for hydroxylation is 1. The molecule has 0 amide bonds. The molecule has 0 aliphatic carbocycles. The summed E-state index contributed by atoms with van der Waals surface area (Å²) in [5, 5.41) is 0. The van der Waals surface area contributed by atoms with Crippen molar-refractivity contribution in [2.75, 3.05) is 9.80 Å². The molecule has 0 saturated carbocycles. The van der Waals surface area contributed by atoms with E-state index in [1.165, 1.54) is 93.6 Å². The zero-order valence-corrected chi connectivity index (χ0v) is 36.0. The number of hydrogen-bond acceptors (Lipinski definition) is 3. The maximum absolute atomic E-state index is 2.61. The average molecular weight is 761 g/mol. The van der Waals surface area contributed by atoms with E-state index in [0.29, 0.717) is 0 Å². The first-order valence-corrected chi connectivity index (χ1v) is 21.3. The fourth-order valence-corrected chi connectivity index (χ4v) is 10.3. The zero-order valence-electron chi connectivity index (χ0n) is 35.2. The van der Waals surface area contributed by atoms with Crippen LogP contribution >= 0.6 is 11.3 Å². The van der Waals surface area contributed by atoms with E-state index in [2.05, 4.69) is 219 Å². The lowest BCUT2D eigenvalue weighted by Gasteiger charge is -2.44. The van der Waals surface area contributed by atoms with Gasteiger partial charge in [0.2, 0.25) is 0 Å². The van der Waals surface area contributed by atoms with E-state index >= 15 is 0 Å². The molecule has 1 aromatic heterocycles.